The van der Waals surface area contributed by atoms with Gasteiger partial charge in [0.1, 0.15) is 5.75 Å². The molecule has 0 aliphatic carbocycles. The number of nitrogens with two attached hydrogens (primary N) is 1. The Morgan fingerprint density at radius 2 is 1.75 bits per heavy atom. The number of ether oxygens (including phenoxy) is 1. The van der Waals surface area contributed by atoms with Crippen molar-refractivity contribution in [2.24, 2.45) is 0 Å². The Morgan fingerprint density at radius 1 is 1.05 bits per heavy atom. The SMILES string of the molecule is CCC(C)c1ccccc1OCCc1ccccc1N. The van der Waals surface area contributed by atoms with Crippen molar-refractivity contribution in [2.75, 3.05) is 12.3 Å². The van der Waals surface area contributed by atoms with Crippen LogP contribution in [0.15, 0.2) is 48.5 Å². The van der Waals surface area contributed by atoms with Gasteiger partial charge in [-0.25, -0.2) is 0 Å². The van der Waals surface area contributed by atoms with E-state index < -0.39 is 0 Å². The highest BCUT2D eigenvalue weighted by Gasteiger charge is 2.09. The molecule has 0 aliphatic heterocycles. The van der Waals surface area contributed by atoms with Crippen LogP contribution in [-0.4, -0.2) is 6.61 Å². The number of hydrogen-bond donors (Lipinski definition) is 1. The lowest BCUT2D eigenvalue weighted by Crippen LogP contribution is -2.06. The quantitative estimate of drug-likeness (QED) is 0.789. The van der Waals surface area contributed by atoms with Gasteiger partial charge >= 0.3 is 0 Å². The predicted molar refractivity (Wildman–Crippen MR) is 85.2 cm³/mol. The molecule has 2 nitrogen and oxygen atoms in total. The summed E-state index contributed by atoms with van der Waals surface area (Å²) in [5.41, 5.74) is 9.22. The third-order valence-electron chi connectivity index (χ3n) is 3.75. The minimum Gasteiger partial charge on any atom is -0.493 e. The summed E-state index contributed by atoms with van der Waals surface area (Å²) in [6.07, 6.45) is 1.95. The third-order valence-corrected chi connectivity index (χ3v) is 3.75. The Balaban J connectivity index is 1.99. The summed E-state index contributed by atoms with van der Waals surface area (Å²) < 4.78 is 5.96. The molecule has 0 aliphatic rings. The van der Waals surface area contributed by atoms with Crippen molar-refractivity contribution in [3.8, 4) is 5.75 Å². The van der Waals surface area contributed by atoms with E-state index in [-0.39, 0.29) is 0 Å². The zero-order valence-electron chi connectivity index (χ0n) is 12.3. The van der Waals surface area contributed by atoms with Crippen molar-refractivity contribution >= 4 is 5.69 Å². The molecule has 0 amide bonds. The second-order valence-electron chi connectivity index (χ2n) is 5.14. The van der Waals surface area contributed by atoms with Crippen LogP contribution >= 0.6 is 0 Å². The average Bonchev–Trinajstić information content (AvgIpc) is 2.49. The Bertz CT molecular complexity index is 551. The minimum absolute atomic E-state index is 0.521. The molecule has 2 aromatic rings. The van der Waals surface area contributed by atoms with Crippen molar-refractivity contribution in [3.05, 3.63) is 59.7 Å². The highest BCUT2D eigenvalue weighted by Crippen LogP contribution is 2.28. The molecule has 0 saturated carbocycles. The van der Waals surface area contributed by atoms with Crippen LogP contribution in [0.5, 0.6) is 5.75 Å². The average molecular weight is 269 g/mol. The molecule has 2 N–H and O–H groups in total. The lowest BCUT2D eigenvalue weighted by molar-refractivity contribution is 0.317. The van der Waals surface area contributed by atoms with Crippen LogP contribution in [-0.2, 0) is 6.42 Å². The summed E-state index contributed by atoms with van der Waals surface area (Å²) in [7, 11) is 0. The molecule has 0 radical (unpaired) electrons. The van der Waals surface area contributed by atoms with Crippen LogP contribution < -0.4 is 10.5 Å². The maximum absolute atomic E-state index is 5.96. The maximum Gasteiger partial charge on any atom is 0.122 e. The molecule has 106 valence electrons. The maximum atomic E-state index is 5.96. The fourth-order valence-electron chi connectivity index (χ4n) is 2.27. The second kappa shape index (κ2) is 6.99. The standard InChI is InChI=1S/C18H23NO/c1-3-14(2)16-9-5-7-11-18(16)20-13-12-15-8-4-6-10-17(15)19/h4-11,14H,3,12-13,19H2,1-2H3. The smallest absolute Gasteiger partial charge is 0.122 e. The number of benzene rings is 2. The van der Waals surface area contributed by atoms with Gasteiger partial charge in [0.2, 0.25) is 0 Å². The zero-order chi connectivity index (χ0) is 14.4. The molecule has 0 bridgehead atoms. The van der Waals surface area contributed by atoms with Crippen LogP contribution in [0.3, 0.4) is 0 Å². The van der Waals surface area contributed by atoms with Gasteiger partial charge in [-0.1, -0.05) is 50.2 Å². The molecular weight excluding hydrogens is 246 g/mol. The van der Waals surface area contributed by atoms with E-state index in [2.05, 4.69) is 38.1 Å². The molecule has 2 rings (SSSR count). The number of para-hydroxylation sites is 2. The van der Waals surface area contributed by atoms with Crippen molar-refractivity contribution in [3.63, 3.8) is 0 Å². The van der Waals surface area contributed by atoms with Crippen LogP contribution in [0.25, 0.3) is 0 Å². The Kier molecular flexibility index (Phi) is 5.05. The van der Waals surface area contributed by atoms with Crippen LogP contribution in [0.1, 0.15) is 37.3 Å². The molecular formula is C18H23NO. The van der Waals surface area contributed by atoms with Crippen molar-refractivity contribution in [2.45, 2.75) is 32.6 Å². The Morgan fingerprint density at radius 3 is 2.50 bits per heavy atom. The number of rotatable bonds is 6. The lowest BCUT2D eigenvalue weighted by atomic mass is 9.98. The molecule has 2 aromatic carbocycles. The topological polar surface area (TPSA) is 35.2 Å². The van der Waals surface area contributed by atoms with Crippen LogP contribution in [0.4, 0.5) is 5.69 Å². The Labute approximate surface area is 121 Å². The molecule has 20 heavy (non-hydrogen) atoms. The van der Waals surface area contributed by atoms with Gasteiger partial charge in [-0.3, -0.25) is 0 Å². The first kappa shape index (κ1) is 14.4. The molecule has 2 heteroatoms. The van der Waals surface area contributed by atoms with E-state index in [0.717, 1.165) is 29.8 Å². The molecule has 0 saturated heterocycles. The molecule has 0 fully saturated rings. The summed E-state index contributed by atoms with van der Waals surface area (Å²) in [6, 6.07) is 16.3. The fourth-order valence-corrected chi connectivity index (χ4v) is 2.27. The van der Waals surface area contributed by atoms with Gasteiger partial charge in [-0.15, -0.1) is 0 Å². The van der Waals surface area contributed by atoms with Gasteiger partial charge in [-0.05, 0) is 35.6 Å². The van der Waals surface area contributed by atoms with Gasteiger partial charge in [0.25, 0.3) is 0 Å². The van der Waals surface area contributed by atoms with Gasteiger partial charge in [0, 0.05) is 12.1 Å². The van der Waals surface area contributed by atoms with Gasteiger partial charge in [0.05, 0.1) is 6.61 Å². The normalized spacial score (nSPS) is 12.1. The largest absolute Gasteiger partial charge is 0.493 e. The van der Waals surface area contributed by atoms with Crippen molar-refractivity contribution < 1.29 is 4.74 Å². The first-order valence-electron chi connectivity index (χ1n) is 7.27. The van der Waals surface area contributed by atoms with E-state index in [0.29, 0.717) is 12.5 Å². The number of anilines is 1. The van der Waals surface area contributed by atoms with Gasteiger partial charge in [-0.2, -0.15) is 0 Å². The van der Waals surface area contributed by atoms with Crippen molar-refractivity contribution in [1.82, 2.24) is 0 Å². The predicted octanol–water partition coefficient (Wildman–Crippen LogP) is 4.40. The first-order valence-corrected chi connectivity index (χ1v) is 7.27. The highest BCUT2D eigenvalue weighted by molar-refractivity contribution is 5.46. The molecule has 1 unspecified atom stereocenters. The van der Waals surface area contributed by atoms with E-state index in [9.17, 15) is 0 Å². The Hall–Kier alpha value is -1.96. The summed E-state index contributed by atoms with van der Waals surface area (Å²) in [4.78, 5) is 0. The summed E-state index contributed by atoms with van der Waals surface area (Å²) in [6.45, 7) is 5.09. The van der Waals surface area contributed by atoms with E-state index in [1.54, 1.807) is 0 Å². The monoisotopic (exact) mass is 269 g/mol. The summed E-state index contributed by atoms with van der Waals surface area (Å²) in [5.74, 6) is 1.52. The van der Waals surface area contributed by atoms with E-state index >= 15 is 0 Å². The third kappa shape index (κ3) is 3.53. The highest BCUT2D eigenvalue weighted by atomic mass is 16.5. The first-order chi connectivity index (χ1) is 9.72. The van der Waals surface area contributed by atoms with Crippen LogP contribution in [0, 0.1) is 0 Å². The lowest BCUT2D eigenvalue weighted by Gasteiger charge is -2.16. The van der Waals surface area contributed by atoms with E-state index in [4.69, 9.17) is 10.5 Å². The van der Waals surface area contributed by atoms with Gasteiger partial charge in [0.15, 0.2) is 0 Å². The minimum atomic E-state index is 0.521. The van der Waals surface area contributed by atoms with Gasteiger partial charge < -0.3 is 10.5 Å². The molecule has 1 atom stereocenters. The molecule has 0 spiro atoms. The van der Waals surface area contributed by atoms with Crippen LogP contribution in [0.2, 0.25) is 0 Å². The number of hydrogen-bond acceptors (Lipinski definition) is 2. The fraction of sp³-hybridized carbons (Fsp3) is 0.333. The van der Waals surface area contributed by atoms with Crippen molar-refractivity contribution in [1.29, 1.82) is 0 Å². The molecule has 0 aromatic heterocycles. The second-order valence-corrected chi connectivity index (χ2v) is 5.14. The summed E-state index contributed by atoms with van der Waals surface area (Å²) >= 11 is 0. The van der Waals surface area contributed by atoms with E-state index in [1.165, 1.54) is 5.56 Å². The number of nitrogen functional groups attached to an aromatic ring is 1. The van der Waals surface area contributed by atoms with E-state index in [1.807, 2.05) is 24.3 Å². The zero-order valence-corrected chi connectivity index (χ0v) is 12.3. The molecule has 0 heterocycles. The summed E-state index contributed by atoms with van der Waals surface area (Å²) in [5, 5.41) is 0.